The standard InChI is InChI=1S/C11H10F3NO2S/c12-9-4-11(14)10(13)3-7(9)5-15-8-1-2-18(16,17)6-8/h1-4,8,15H,5-6H2. The van der Waals surface area contributed by atoms with Crippen LogP contribution < -0.4 is 5.32 Å². The molecule has 18 heavy (non-hydrogen) atoms. The van der Waals surface area contributed by atoms with Gasteiger partial charge in [0, 0.05) is 29.6 Å². The Labute approximate surface area is 102 Å². The molecule has 0 spiro atoms. The van der Waals surface area contributed by atoms with Crippen molar-refractivity contribution in [1.29, 1.82) is 0 Å². The van der Waals surface area contributed by atoms with E-state index in [2.05, 4.69) is 5.32 Å². The van der Waals surface area contributed by atoms with Crippen molar-refractivity contribution in [3.05, 3.63) is 46.6 Å². The predicted molar refractivity (Wildman–Crippen MR) is 59.9 cm³/mol. The first-order valence-corrected chi connectivity index (χ1v) is 6.87. The summed E-state index contributed by atoms with van der Waals surface area (Å²) in [5, 5.41) is 3.82. The highest BCUT2D eigenvalue weighted by atomic mass is 32.2. The molecule has 1 aliphatic rings. The number of sulfone groups is 1. The van der Waals surface area contributed by atoms with E-state index < -0.39 is 33.3 Å². The molecule has 7 heteroatoms. The molecule has 0 radical (unpaired) electrons. The van der Waals surface area contributed by atoms with Crippen molar-refractivity contribution in [2.75, 3.05) is 5.75 Å². The second kappa shape index (κ2) is 4.74. The van der Waals surface area contributed by atoms with Crippen LogP contribution in [0.4, 0.5) is 13.2 Å². The molecule has 1 atom stereocenters. The third kappa shape index (κ3) is 2.91. The molecule has 2 rings (SSSR count). The summed E-state index contributed by atoms with van der Waals surface area (Å²) >= 11 is 0. The minimum absolute atomic E-state index is 0.0494. The molecular formula is C11H10F3NO2S. The fourth-order valence-corrected chi connectivity index (χ4v) is 2.91. The van der Waals surface area contributed by atoms with Crippen molar-refractivity contribution in [2.24, 2.45) is 0 Å². The van der Waals surface area contributed by atoms with Gasteiger partial charge in [-0.05, 0) is 6.07 Å². The van der Waals surface area contributed by atoms with E-state index in [1.807, 2.05) is 0 Å². The minimum atomic E-state index is -3.20. The minimum Gasteiger partial charge on any atom is -0.305 e. The molecule has 0 aromatic heterocycles. The van der Waals surface area contributed by atoms with Gasteiger partial charge in [0.15, 0.2) is 21.5 Å². The Morgan fingerprint density at radius 3 is 2.44 bits per heavy atom. The zero-order valence-electron chi connectivity index (χ0n) is 9.16. The molecule has 1 unspecified atom stereocenters. The Bertz CT molecular complexity index is 599. The lowest BCUT2D eigenvalue weighted by molar-refractivity contribution is 0.485. The summed E-state index contributed by atoms with van der Waals surface area (Å²) in [4.78, 5) is 0. The van der Waals surface area contributed by atoms with Crippen molar-refractivity contribution in [3.63, 3.8) is 0 Å². The van der Waals surface area contributed by atoms with Crippen LogP contribution in [-0.2, 0) is 16.4 Å². The van der Waals surface area contributed by atoms with Gasteiger partial charge in [-0.15, -0.1) is 0 Å². The first-order chi connectivity index (χ1) is 8.37. The van der Waals surface area contributed by atoms with Gasteiger partial charge in [-0.2, -0.15) is 0 Å². The lowest BCUT2D eigenvalue weighted by atomic mass is 10.2. The van der Waals surface area contributed by atoms with Gasteiger partial charge in [-0.3, -0.25) is 0 Å². The van der Waals surface area contributed by atoms with E-state index in [-0.39, 0.29) is 17.9 Å². The molecule has 0 saturated heterocycles. The van der Waals surface area contributed by atoms with Gasteiger partial charge in [0.1, 0.15) is 5.82 Å². The first kappa shape index (κ1) is 13.1. The van der Waals surface area contributed by atoms with Crippen LogP contribution in [-0.4, -0.2) is 20.2 Å². The molecule has 98 valence electrons. The summed E-state index contributed by atoms with van der Waals surface area (Å²) in [7, 11) is -3.20. The molecule has 0 bridgehead atoms. The van der Waals surface area contributed by atoms with E-state index in [0.29, 0.717) is 6.07 Å². The van der Waals surface area contributed by atoms with Crippen LogP contribution in [0.2, 0.25) is 0 Å². The number of rotatable bonds is 3. The maximum Gasteiger partial charge on any atom is 0.173 e. The van der Waals surface area contributed by atoms with E-state index in [4.69, 9.17) is 0 Å². The Morgan fingerprint density at radius 1 is 1.17 bits per heavy atom. The Kier molecular flexibility index (Phi) is 3.45. The molecule has 0 amide bonds. The van der Waals surface area contributed by atoms with Gasteiger partial charge in [0.2, 0.25) is 0 Å². The number of hydrogen-bond acceptors (Lipinski definition) is 3. The molecule has 1 aliphatic heterocycles. The smallest absolute Gasteiger partial charge is 0.173 e. The highest BCUT2D eigenvalue weighted by Gasteiger charge is 2.21. The van der Waals surface area contributed by atoms with E-state index in [9.17, 15) is 21.6 Å². The summed E-state index contributed by atoms with van der Waals surface area (Å²) < 4.78 is 61.1. The maximum atomic E-state index is 13.3. The largest absolute Gasteiger partial charge is 0.305 e. The van der Waals surface area contributed by atoms with Gasteiger partial charge in [0.25, 0.3) is 0 Å². The lowest BCUT2D eigenvalue weighted by Gasteiger charge is -2.10. The van der Waals surface area contributed by atoms with Gasteiger partial charge < -0.3 is 5.32 Å². The van der Waals surface area contributed by atoms with Crippen LogP contribution in [0.1, 0.15) is 5.56 Å². The quantitative estimate of drug-likeness (QED) is 0.852. The molecule has 1 aromatic rings. The van der Waals surface area contributed by atoms with Crippen LogP contribution in [0.25, 0.3) is 0 Å². The summed E-state index contributed by atoms with van der Waals surface area (Å²) in [6.07, 6.45) is 1.44. The van der Waals surface area contributed by atoms with Gasteiger partial charge >= 0.3 is 0 Å². The highest BCUT2D eigenvalue weighted by molar-refractivity contribution is 7.94. The SMILES string of the molecule is O=S1(=O)C=CC(NCc2cc(F)c(F)cc2F)C1. The molecule has 1 N–H and O–H groups in total. The average molecular weight is 277 g/mol. The monoisotopic (exact) mass is 277 g/mol. The van der Waals surface area contributed by atoms with E-state index in [0.717, 1.165) is 11.5 Å². The van der Waals surface area contributed by atoms with E-state index in [1.54, 1.807) is 0 Å². The Balaban J connectivity index is 2.04. The molecule has 0 aliphatic carbocycles. The second-order valence-corrected chi connectivity index (χ2v) is 5.93. The normalized spacial score (nSPS) is 21.4. The second-order valence-electron chi connectivity index (χ2n) is 4.00. The van der Waals surface area contributed by atoms with Crippen molar-refractivity contribution < 1.29 is 21.6 Å². The zero-order valence-corrected chi connectivity index (χ0v) is 9.98. The average Bonchev–Trinajstić information content (AvgIpc) is 2.62. The van der Waals surface area contributed by atoms with E-state index in [1.165, 1.54) is 6.08 Å². The van der Waals surface area contributed by atoms with Crippen LogP contribution >= 0.6 is 0 Å². The van der Waals surface area contributed by atoms with Crippen LogP contribution in [0, 0.1) is 17.5 Å². The van der Waals surface area contributed by atoms with Gasteiger partial charge in [-0.1, -0.05) is 6.08 Å². The first-order valence-electron chi connectivity index (χ1n) is 5.15. The molecule has 1 heterocycles. The van der Waals surface area contributed by atoms with Crippen molar-refractivity contribution in [2.45, 2.75) is 12.6 Å². The topological polar surface area (TPSA) is 46.2 Å². The predicted octanol–water partition coefficient (Wildman–Crippen LogP) is 1.50. The van der Waals surface area contributed by atoms with Crippen LogP contribution in [0.5, 0.6) is 0 Å². The Morgan fingerprint density at radius 2 is 1.83 bits per heavy atom. The number of nitrogens with one attached hydrogen (secondary N) is 1. The maximum absolute atomic E-state index is 13.3. The summed E-state index contributed by atoms with van der Waals surface area (Å²) in [5.41, 5.74) is -0.0494. The van der Waals surface area contributed by atoms with Crippen LogP contribution in [0.15, 0.2) is 23.6 Å². The summed E-state index contributed by atoms with van der Waals surface area (Å²) in [6.45, 7) is -0.0758. The number of hydrogen-bond donors (Lipinski definition) is 1. The third-order valence-electron chi connectivity index (χ3n) is 2.57. The Hall–Kier alpha value is -1.34. The summed E-state index contributed by atoms with van der Waals surface area (Å²) in [6, 6.07) is 0.779. The third-order valence-corrected chi connectivity index (χ3v) is 3.97. The molecule has 0 fully saturated rings. The van der Waals surface area contributed by atoms with Crippen molar-refractivity contribution >= 4 is 9.84 Å². The zero-order chi connectivity index (χ0) is 13.3. The molecule has 1 aromatic carbocycles. The lowest BCUT2D eigenvalue weighted by Crippen LogP contribution is -2.29. The number of benzene rings is 1. The van der Waals surface area contributed by atoms with Crippen molar-refractivity contribution in [1.82, 2.24) is 5.32 Å². The molecule has 0 saturated carbocycles. The fraction of sp³-hybridized carbons (Fsp3) is 0.273. The van der Waals surface area contributed by atoms with Crippen molar-refractivity contribution in [3.8, 4) is 0 Å². The highest BCUT2D eigenvalue weighted by Crippen LogP contribution is 2.15. The van der Waals surface area contributed by atoms with Gasteiger partial charge in [-0.25, -0.2) is 21.6 Å². The van der Waals surface area contributed by atoms with Crippen LogP contribution in [0.3, 0.4) is 0 Å². The summed E-state index contributed by atoms with van der Waals surface area (Å²) in [5.74, 6) is -3.37. The molecule has 3 nitrogen and oxygen atoms in total. The van der Waals surface area contributed by atoms with E-state index >= 15 is 0 Å². The number of halogens is 3. The van der Waals surface area contributed by atoms with Gasteiger partial charge in [0.05, 0.1) is 5.75 Å². The molecular weight excluding hydrogens is 267 g/mol. The fourth-order valence-electron chi connectivity index (χ4n) is 1.64.